The van der Waals surface area contributed by atoms with Gasteiger partial charge in [-0.25, -0.2) is 0 Å². The first-order valence-corrected chi connectivity index (χ1v) is 49.4. The molecule has 2 aromatic heterocycles. The van der Waals surface area contributed by atoms with E-state index in [0.29, 0.717) is 17.7 Å². The van der Waals surface area contributed by atoms with E-state index in [1.807, 2.05) is 18.2 Å². The second-order valence-electron chi connectivity index (χ2n) is 43.9. The minimum absolute atomic E-state index is 0. The molecule has 1 fully saturated rings. The van der Waals surface area contributed by atoms with Crippen molar-refractivity contribution < 1.29 is 49.5 Å². The van der Waals surface area contributed by atoms with E-state index in [2.05, 4.69) is 504 Å². The topological polar surface area (TPSA) is 79.9 Å². The molecule has 0 unspecified atom stereocenters. The Bertz CT molecular complexity index is 6710. The van der Waals surface area contributed by atoms with Crippen LogP contribution in [-0.4, -0.2) is 47.8 Å². The maximum atomic E-state index is 6.44. The molecule has 0 N–H and O–H groups in total. The quantitative estimate of drug-likeness (QED) is 0.0629. The Morgan fingerprint density at radius 3 is 0.855 bits per heavy atom. The number of aromatic nitrogens is 6. The van der Waals surface area contributed by atoms with E-state index in [4.69, 9.17) is 29.5 Å². The summed E-state index contributed by atoms with van der Waals surface area (Å²) in [6.07, 6.45) is 0. The van der Waals surface area contributed by atoms with Crippen molar-refractivity contribution >= 4 is 28.5 Å². The van der Waals surface area contributed by atoms with Gasteiger partial charge in [0.05, 0.1) is 34.2 Å². The SMILES string of the molecule is CC(C)(C)c1ccc(-c2cc(B3OC(C)(C)C(C)(C)O3)cc(-c3ccc(C(C)(C)C)cc3)c2)cc1.Cc1cc(C)cc(-c2nc(-c3[c-]ccc(-c4cc(-c5ccc(C(C)(C)C)cc5)cc(-c5ccc(C(C)(C)C)cc5)c4)c3)n(-c3c(C(C)C)cc(-c4ccccc4)cc3C(C)C)n2)c1.Cc1cc(C)cc(-c2nc(-c3[c-]ccc(Br)c3)n(-c3c(C(C)C)cc(-c4ccccc4)cc3C(C)C)n2)c1.[Ir].[Ir]. The van der Waals surface area contributed by atoms with Crippen LogP contribution >= 0.6 is 15.9 Å². The van der Waals surface area contributed by atoms with E-state index in [9.17, 15) is 0 Å². The molecule has 16 aromatic rings. The van der Waals surface area contributed by atoms with Gasteiger partial charge >= 0.3 is 7.12 Å². The van der Waals surface area contributed by atoms with Crippen molar-refractivity contribution in [2.24, 2.45) is 0 Å². The molecular formula is C126H136BBrIr2N6O2-2. The number of nitrogens with zero attached hydrogens (tertiary/aromatic N) is 6. The first-order valence-electron chi connectivity index (χ1n) is 48.6. The van der Waals surface area contributed by atoms with Crippen molar-refractivity contribution in [3.8, 4) is 135 Å². The minimum atomic E-state index is -0.401. The largest absolute Gasteiger partial charge is 0.494 e. The fourth-order valence-electron chi connectivity index (χ4n) is 18.2. The van der Waals surface area contributed by atoms with Crippen LogP contribution in [0.15, 0.2) is 296 Å². The summed E-state index contributed by atoms with van der Waals surface area (Å²) in [5, 5.41) is 10.6. The van der Waals surface area contributed by atoms with Gasteiger partial charge in [-0.1, -0.05) is 363 Å². The van der Waals surface area contributed by atoms with Crippen molar-refractivity contribution in [3.63, 3.8) is 0 Å². The van der Waals surface area contributed by atoms with Gasteiger partial charge in [-0.05, 0) is 296 Å². The normalized spacial score (nSPS) is 13.2. The zero-order chi connectivity index (χ0) is 97.6. The molecule has 138 heavy (non-hydrogen) atoms. The smallest absolute Gasteiger partial charge is 0.399 e. The van der Waals surface area contributed by atoms with Crippen LogP contribution in [0, 0.1) is 39.8 Å². The van der Waals surface area contributed by atoms with Crippen LogP contribution in [0.2, 0.25) is 0 Å². The number of benzene rings is 14. The van der Waals surface area contributed by atoms with Crippen molar-refractivity contribution in [1.29, 1.82) is 0 Å². The van der Waals surface area contributed by atoms with Crippen molar-refractivity contribution in [1.82, 2.24) is 29.5 Å². The maximum Gasteiger partial charge on any atom is 0.494 e. The van der Waals surface area contributed by atoms with E-state index in [1.165, 1.54) is 134 Å². The zero-order valence-electron chi connectivity index (χ0n) is 86.1. The molecule has 0 atom stereocenters. The summed E-state index contributed by atoms with van der Waals surface area (Å²) >= 11 is 3.64. The number of hydrogen-bond donors (Lipinski definition) is 0. The van der Waals surface area contributed by atoms with Crippen molar-refractivity contribution in [2.75, 3.05) is 0 Å². The predicted molar refractivity (Wildman–Crippen MR) is 580 cm³/mol. The van der Waals surface area contributed by atoms with Gasteiger partial charge in [-0.3, -0.25) is 19.3 Å². The average Bonchev–Trinajstić information content (AvgIpc) is 1.59. The Labute approximate surface area is 860 Å². The Balaban J connectivity index is 0.000000185. The molecule has 3 heterocycles. The second-order valence-corrected chi connectivity index (χ2v) is 44.8. The second kappa shape index (κ2) is 42.3. The Morgan fingerprint density at radius 1 is 0.297 bits per heavy atom. The fourth-order valence-corrected chi connectivity index (χ4v) is 18.5. The summed E-state index contributed by atoms with van der Waals surface area (Å²) in [6.45, 7) is 62.2. The number of aryl methyl sites for hydroxylation is 4. The standard InChI is InChI=1S/C60H62N3.C34H33BrN3.C32H41BO2.2Ir/c1-38(2)54-36-50(42-17-14-13-15-18-42)37-55(39(3)4)56(54)63-58(61-57(62-63)51-30-40(5)29-41(6)31-51)46-20-16-19-45(32-46)49-34-47(43-21-25-52(26-22-43)59(7,8)9)33-48(35-49)44-23-27-53(28-24-44)60(10,11)12;1-21(2)30-19-27(25-11-8-7-9-12-25)20-31(22(3)4)32(30)38-34(26-13-10-14-29(35)18-26)36-33(37-38)28-16-23(5)15-24(6)17-28;1-29(2,3)26-15-11-22(12-16-26)24-19-25(23-13-17-27(18-14-23)30(4,5)6)21-28(20-24)33-34-31(7,8)32(9,10)35-33;;/h13-19,21-39H,1-12H3;7-12,14-22H,1-6H3;11-21H,1-10H3;;/q2*-1;;;. The number of rotatable bonds is 18. The molecule has 1 aliphatic heterocycles. The van der Waals surface area contributed by atoms with E-state index in [0.717, 1.165) is 72.2 Å². The molecule has 0 saturated carbocycles. The minimum Gasteiger partial charge on any atom is -0.399 e. The third kappa shape index (κ3) is 23.9. The third-order valence-corrected chi connectivity index (χ3v) is 27.3. The van der Waals surface area contributed by atoms with Gasteiger partial charge in [0, 0.05) is 51.3 Å². The summed E-state index contributed by atoms with van der Waals surface area (Å²) < 4.78 is 18.0. The molecule has 2 radical (unpaired) electrons. The van der Waals surface area contributed by atoms with Crippen LogP contribution in [-0.2, 0) is 71.2 Å². The van der Waals surface area contributed by atoms with Gasteiger partial charge < -0.3 is 9.31 Å². The molecule has 0 aliphatic carbocycles. The molecule has 14 aromatic carbocycles. The molecule has 1 aliphatic rings. The Kier molecular flexibility index (Phi) is 32.0. The molecule has 0 spiro atoms. The maximum absolute atomic E-state index is 6.44. The van der Waals surface area contributed by atoms with E-state index < -0.39 is 7.12 Å². The molecule has 17 rings (SSSR count). The van der Waals surface area contributed by atoms with Crippen LogP contribution in [0.3, 0.4) is 0 Å². The van der Waals surface area contributed by atoms with Crippen LogP contribution < -0.4 is 5.46 Å². The first kappa shape index (κ1) is 104. The molecule has 1 saturated heterocycles. The zero-order valence-corrected chi connectivity index (χ0v) is 92.5. The molecular weight excluding hydrogens is 2100 g/mol. The average molecular weight is 2240 g/mol. The number of hydrogen-bond acceptors (Lipinski definition) is 6. The summed E-state index contributed by atoms with van der Waals surface area (Å²) in [5.74, 6) is 4.03. The molecule has 12 heteroatoms. The van der Waals surface area contributed by atoms with E-state index in [-0.39, 0.29) is 84.9 Å². The van der Waals surface area contributed by atoms with Crippen LogP contribution in [0.4, 0.5) is 0 Å². The summed E-state index contributed by atoms with van der Waals surface area (Å²) in [7, 11) is -0.401. The van der Waals surface area contributed by atoms with E-state index in [1.54, 1.807) is 0 Å². The van der Waals surface area contributed by atoms with Crippen LogP contribution in [0.5, 0.6) is 0 Å². The van der Waals surface area contributed by atoms with Gasteiger partial charge in [-0.15, -0.1) is 65.2 Å². The predicted octanol–water partition coefficient (Wildman–Crippen LogP) is 34.1. The Hall–Kier alpha value is -10.9. The Morgan fingerprint density at radius 2 is 0.565 bits per heavy atom. The van der Waals surface area contributed by atoms with Crippen LogP contribution in [0.1, 0.15) is 257 Å². The first-order chi connectivity index (χ1) is 64.2. The monoisotopic (exact) mass is 2240 g/mol. The van der Waals surface area contributed by atoms with Gasteiger partial charge in [0.1, 0.15) is 0 Å². The summed E-state index contributed by atoms with van der Waals surface area (Å²) in [6, 6.07) is 113. The van der Waals surface area contributed by atoms with Crippen molar-refractivity contribution in [2.45, 2.75) is 250 Å². The molecule has 0 bridgehead atoms. The molecule has 0 amide bonds. The molecule has 8 nitrogen and oxygen atoms in total. The van der Waals surface area contributed by atoms with Gasteiger partial charge in [-0.2, -0.15) is 10.2 Å². The van der Waals surface area contributed by atoms with Crippen LogP contribution in [0.25, 0.3) is 135 Å². The third-order valence-electron chi connectivity index (χ3n) is 26.8. The summed E-state index contributed by atoms with van der Waals surface area (Å²) in [4.78, 5) is 10.6. The molecule has 712 valence electrons. The van der Waals surface area contributed by atoms with Gasteiger partial charge in [0.25, 0.3) is 0 Å². The van der Waals surface area contributed by atoms with Gasteiger partial charge in [0.2, 0.25) is 0 Å². The fraction of sp³-hybridized carbons (Fsp3) is 0.302. The van der Waals surface area contributed by atoms with E-state index >= 15 is 0 Å². The van der Waals surface area contributed by atoms with Gasteiger partial charge in [0.15, 0.2) is 11.6 Å². The van der Waals surface area contributed by atoms with Crippen molar-refractivity contribution in [3.05, 3.63) is 375 Å². The summed E-state index contributed by atoms with van der Waals surface area (Å²) in [5.41, 5.74) is 38.4. The number of halogens is 1.